The number of nitrogens with one attached hydrogen (secondary N) is 1. The van der Waals surface area contributed by atoms with Crippen molar-refractivity contribution in [3.8, 4) is 5.75 Å². The minimum absolute atomic E-state index is 0.0415. The van der Waals surface area contributed by atoms with Gasteiger partial charge < -0.3 is 9.17 Å². The molecule has 1 N–H and O–H groups in total. The highest BCUT2D eigenvalue weighted by Crippen LogP contribution is 2.34. The van der Waals surface area contributed by atoms with Gasteiger partial charge in [0.2, 0.25) is 0 Å². The summed E-state index contributed by atoms with van der Waals surface area (Å²) in [7, 11) is 0. The van der Waals surface area contributed by atoms with E-state index in [9.17, 15) is 9.59 Å². The Morgan fingerprint density at radius 3 is 2.63 bits per heavy atom. The van der Waals surface area contributed by atoms with Crippen molar-refractivity contribution in [1.82, 2.24) is 4.98 Å². The topological polar surface area (TPSA) is 59.2 Å². The maximum atomic E-state index is 12.0. The molecule has 2 aromatic rings. The quantitative estimate of drug-likeness (QED) is 0.692. The largest absolute Gasteiger partial charge is 0.424 e. The van der Waals surface area contributed by atoms with Gasteiger partial charge in [-0.2, -0.15) is 0 Å². The first-order valence-electron chi connectivity index (χ1n) is 5.22. The lowest BCUT2D eigenvalue weighted by molar-refractivity contribution is 0.101. The lowest BCUT2D eigenvalue weighted by Crippen LogP contribution is -2.17. The molecular weight excluding hydrogens is 309 g/mol. The summed E-state index contributed by atoms with van der Waals surface area (Å²) in [6.45, 7) is 1.30. The zero-order valence-electron chi connectivity index (χ0n) is 10.0. The molecule has 0 saturated carbocycles. The molecule has 1 heterocycles. The molecule has 0 atom stereocenters. The monoisotopic (exact) mass is 317 g/mol. The number of aromatic nitrogens is 1. The third-order valence-corrected chi connectivity index (χ3v) is 3.36. The molecule has 0 aliphatic carbocycles. The van der Waals surface area contributed by atoms with Crippen LogP contribution in [0, 0.1) is 0 Å². The van der Waals surface area contributed by atoms with Gasteiger partial charge in [-0.3, -0.25) is 9.59 Å². The van der Waals surface area contributed by atoms with Gasteiger partial charge >= 0.3 is 0 Å². The summed E-state index contributed by atoms with van der Waals surface area (Å²) in [6, 6.07) is 3.11. The van der Waals surface area contributed by atoms with Crippen molar-refractivity contribution in [2.75, 3.05) is 6.26 Å². The van der Waals surface area contributed by atoms with Gasteiger partial charge in [-0.1, -0.05) is 23.2 Å². The fourth-order valence-corrected chi connectivity index (χ4v) is 2.66. The van der Waals surface area contributed by atoms with E-state index in [-0.39, 0.29) is 17.1 Å². The highest BCUT2D eigenvalue weighted by Gasteiger charge is 2.19. The number of hydrogen-bond acceptors (Lipinski definition) is 4. The molecule has 0 aliphatic rings. The Balaban J connectivity index is 2.98. The molecule has 1 aromatic heterocycles. The minimum atomic E-state index is -0.534. The van der Waals surface area contributed by atoms with E-state index in [0.29, 0.717) is 20.9 Å². The van der Waals surface area contributed by atoms with Crippen molar-refractivity contribution in [2.45, 2.75) is 6.92 Å². The highest BCUT2D eigenvalue weighted by atomic mass is 35.5. The molecular formula is C12H9Cl2NO3S. The van der Waals surface area contributed by atoms with Crippen molar-refractivity contribution >= 4 is 51.9 Å². The molecule has 2 rings (SSSR count). The molecule has 19 heavy (non-hydrogen) atoms. The maximum absolute atomic E-state index is 12.0. The first-order chi connectivity index (χ1) is 8.95. The lowest BCUT2D eigenvalue weighted by Gasteiger charge is -2.11. The average Bonchev–Trinajstić information content (AvgIpc) is 2.30. The fraction of sp³-hybridized carbons (Fsp3) is 0.167. The van der Waals surface area contributed by atoms with Gasteiger partial charge in [0.1, 0.15) is 5.56 Å². The van der Waals surface area contributed by atoms with Crippen molar-refractivity contribution in [2.24, 2.45) is 0 Å². The Kier molecular flexibility index (Phi) is 4.08. The Morgan fingerprint density at radius 2 is 2.05 bits per heavy atom. The first kappa shape index (κ1) is 14.2. The van der Waals surface area contributed by atoms with Crippen molar-refractivity contribution in [3.05, 3.63) is 38.1 Å². The van der Waals surface area contributed by atoms with E-state index in [1.54, 1.807) is 12.3 Å². The SMILES string of the molecule is CSOc1c(C(C)=O)c(=O)[nH]c2c(Cl)cc(Cl)cc12. The normalized spacial score (nSPS) is 10.7. The van der Waals surface area contributed by atoms with Gasteiger partial charge in [0.15, 0.2) is 11.5 Å². The Labute approximate surface area is 123 Å². The van der Waals surface area contributed by atoms with E-state index in [1.165, 1.54) is 13.0 Å². The summed E-state index contributed by atoms with van der Waals surface area (Å²) < 4.78 is 5.36. The second kappa shape index (κ2) is 5.45. The van der Waals surface area contributed by atoms with Crippen LogP contribution in [-0.2, 0) is 0 Å². The molecule has 4 nitrogen and oxygen atoms in total. The number of hydrogen-bond donors (Lipinski definition) is 1. The molecule has 1 aromatic carbocycles. The Hall–Kier alpha value is -1.17. The van der Waals surface area contributed by atoms with E-state index < -0.39 is 5.56 Å². The van der Waals surface area contributed by atoms with Gasteiger partial charge in [0, 0.05) is 16.7 Å². The number of rotatable bonds is 3. The van der Waals surface area contributed by atoms with E-state index >= 15 is 0 Å². The van der Waals surface area contributed by atoms with Gasteiger partial charge in [-0.05, 0) is 19.1 Å². The van der Waals surface area contributed by atoms with Crippen LogP contribution >= 0.6 is 35.2 Å². The molecule has 0 unspecified atom stereocenters. The van der Waals surface area contributed by atoms with Crippen LogP contribution in [0.2, 0.25) is 10.0 Å². The zero-order chi connectivity index (χ0) is 14.2. The number of benzene rings is 1. The van der Waals surface area contributed by atoms with E-state index in [4.69, 9.17) is 27.4 Å². The summed E-state index contributed by atoms with van der Waals surface area (Å²) in [5.74, 6) is -0.202. The fourth-order valence-electron chi connectivity index (χ4n) is 1.78. The van der Waals surface area contributed by atoms with Gasteiger partial charge in [-0.15, -0.1) is 0 Å². The summed E-state index contributed by atoms with van der Waals surface area (Å²) in [6.07, 6.45) is 1.68. The standard InChI is InChI=1S/C12H9Cl2NO3S/c1-5(16)9-11(18-19-2)7-3-6(13)4-8(14)10(7)15-12(9)17/h3-4H,1-2H3,(H,15,17). The second-order valence-electron chi connectivity index (χ2n) is 3.77. The van der Waals surface area contributed by atoms with Crippen molar-refractivity contribution in [1.29, 1.82) is 0 Å². The molecule has 0 bridgehead atoms. The third-order valence-electron chi connectivity index (χ3n) is 2.51. The first-order valence-corrected chi connectivity index (χ1v) is 7.13. The average molecular weight is 318 g/mol. The van der Waals surface area contributed by atoms with Gasteiger partial charge in [-0.25, -0.2) is 0 Å². The third kappa shape index (κ3) is 2.59. The number of H-pyrrole nitrogens is 1. The second-order valence-corrected chi connectivity index (χ2v) is 5.12. The molecule has 0 spiro atoms. The summed E-state index contributed by atoms with van der Waals surface area (Å²) >= 11 is 13.0. The number of carbonyl (C=O) groups excluding carboxylic acids is 1. The zero-order valence-corrected chi connectivity index (χ0v) is 12.4. The number of halogens is 2. The van der Waals surface area contributed by atoms with Gasteiger partial charge in [0.25, 0.3) is 5.56 Å². The summed E-state index contributed by atoms with van der Waals surface area (Å²) in [5, 5.41) is 1.18. The molecule has 0 radical (unpaired) electrons. The summed E-state index contributed by atoms with van der Waals surface area (Å²) in [5.41, 5.74) is -0.182. The van der Waals surface area contributed by atoms with Crippen LogP contribution in [0.25, 0.3) is 10.9 Å². The number of carbonyl (C=O) groups is 1. The summed E-state index contributed by atoms with van der Waals surface area (Å²) in [4.78, 5) is 26.1. The van der Waals surface area contributed by atoms with Crippen molar-refractivity contribution in [3.63, 3.8) is 0 Å². The predicted octanol–water partition coefficient (Wildman–Crippen LogP) is 3.69. The van der Waals surface area contributed by atoms with Crippen LogP contribution < -0.4 is 9.74 Å². The van der Waals surface area contributed by atoms with Crippen LogP contribution in [-0.4, -0.2) is 17.0 Å². The van der Waals surface area contributed by atoms with E-state index in [0.717, 1.165) is 12.0 Å². The number of pyridine rings is 1. The van der Waals surface area contributed by atoms with Crippen molar-refractivity contribution < 1.29 is 8.98 Å². The smallest absolute Gasteiger partial charge is 0.263 e. The molecule has 0 aliphatic heterocycles. The number of aromatic amines is 1. The van der Waals surface area contributed by atoms with Crippen LogP contribution in [0.15, 0.2) is 16.9 Å². The molecule has 7 heteroatoms. The Morgan fingerprint density at radius 1 is 1.37 bits per heavy atom. The van der Waals surface area contributed by atoms with Crippen LogP contribution in [0.4, 0.5) is 0 Å². The molecule has 0 saturated heterocycles. The highest BCUT2D eigenvalue weighted by molar-refractivity contribution is 7.94. The van der Waals surface area contributed by atoms with E-state index in [2.05, 4.69) is 4.98 Å². The van der Waals surface area contributed by atoms with Crippen LogP contribution in [0.5, 0.6) is 5.75 Å². The van der Waals surface area contributed by atoms with Crippen LogP contribution in [0.1, 0.15) is 17.3 Å². The number of Topliss-reactive ketones (excluding diaryl/α,β-unsaturated/α-hetero) is 1. The lowest BCUT2D eigenvalue weighted by atomic mass is 10.1. The molecule has 0 fully saturated rings. The van der Waals surface area contributed by atoms with E-state index in [1.807, 2.05) is 0 Å². The Bertz CT molecular complexity index is 727. The minimum Gasteiger partial charge on any atom is -0.424 e. The number of fused-ring (bicyclic) bond motifs is 1. The predicted molar refractivity (Wildman–Crippen MR) is 78.7 cm³/mol. The van der Waals surface area contributed by atoms with Crippen LogP contribution in [0.3, 0.4) is 0 Å². The maximum Gasteiger partial charge on any atom is 0.263 e. The van der Waals surface area contributed by atoms with Gasteiger partial charge in [0.05, 0.1) is 22.6 Å². The number of ketones is 1. The molecule has 100 valence electrons. The molecule has 0 amide bonds.